The van der Waals surface area contributed by atoms with Crippen molar-refractivity contribution < 1.29 is 0 Å². The summed E-state index contributed by atoms with van der Waals surface area (Å²) in [4.78, 5) is 0. The zero-order valence-electron chi connectivity index (χ0n) is 8.94. The van der Waals surface area contributed by atoms with E-state index in [1.54, 1.807) is 0 Å². The number of rotatable bonds is 9. The van der Waals surface area contributed by atoms with E-state index in [0.717, 1.165) is 0 Å². The second kappa shape index (κ2) is 11.0. The molecular weight excluding hydrogens is 144 g/mol. The molecule has 0 aliphatic heterocycles. The average molecular weight is 169 g/mol. The van der Waals surface area contributed by atoms with Crippen LogP contribution in [0.1, 0.15) is 71.6 Å². The Balaban J connectivity index is 2.73. The monoisotopic (exact) mass is 169 g/mol. The van der Waals surface area contributed by atoms with Gasteiger partial charge in [-0.3, -0.25) is 0 Å². The van der Waals surface area contributed by atoms with Crippen molar-refractivity contribution >= 4 is 0 Å². The molecule has 0 heteroatoms. The minimum atomic E-state index is 1.35. The van der Waals surface area contributed by atoms with Crippen LogP contribution in [-0.4, -0.2) is 0 Å². The Morgan fingerprint density at radius 3 is 1.75 bits per heavy atom. The van der Waals surface area contributed by atoms with Crippen molar-refractivity contribution in [1.82, 2.24) is 0 Å². The summed E-state index contributed by atoms with van der Waals surface area (Å²) in [5, 5.41) is 0. The molecule has 0 heterocycles. The molecule has 0 nitrogen and oxygen atoms in total. The summed E-state index contributed by atoms with van der Waals surface area (Å²) >= 11 is 0. The van der Waals surface area contributed by atoms with Gasteiger partial charge in [0, 0.05) is 0 Å². The molecule has 0 aliphatic rings. The molecule has 0 rings (SSSR count). The Hall–Kier alpha value is 0. The first-order valence-corrected chi connectivity index (χ1v) is 5.73. The van der Waals surface area contributed by atoms with Gasteiger partial charge in [-0.25, -0.2) is 0 Å². The lowest BCUT2D eigenvalue weighted by atomic mass is 10.1. The maximum Gasteiger partial charge on any atom is -0.0386 e. The van der Waals surface area contributed by atoms with Crippen LogP contribution in [0.2, 0.25) is 0 Å². The summed E-state index contributed by atoms with van der Waals surface area (Å²) < 4.78 is 0. The lowest BCUT2D eigenvalue weighted by Crippen LogP contribution is -1.81. The fourth-order valence-corrected chi connectivity index (χ4v) is 1.40. The molecule has 0 saturated heterocycles. The molecule has 0 spiro atoms. The Morgan fingerprint density at radius 2 is 1.17 bits per heavy atom. The van der Waals surface area contributed by atoms with E-state index in [4.69, 9.17) is 0 Å². The van der Waals surface area contributed by atoms with Crippen LogP contribution in [0.15, 0.2) is 0 Å². The summed E-state index contributed by atoms with van der Waals surface area (Å²) in [5.41, 5.74) is 0. The van der Waals surface area contributed by atoms with Gasteiger partial charge in [0.05, 0.1) is 0 Å². The first-order chi connectivity index (χ1) is 5.91. The Kier molecular flexibility index (Phi) is 11.0. The standard InChI is InChI=1S/C12H25/c1-3-5-7-9-11-12-10-8-6-4-2/h11H,3-10,12H2,1-2H3. The lowest BCUT2D eigenvalue weighted by Gasteiger charge is -1.99. The van der Waals surface area contributed by atoms with Crippen molar-refractivity contribution in [2.24, 2.45) is 0 Å². The lowest BCUT2D eigenvalue weighted by molar-refractivity contribution is 0.633. The van der Waals surface area contributed by atoms with E-state index in [1.807, 2.05) is 0 Å². The molecule has 0 aliphatic carbocycles. The first kappa shape index (κ1) is 12.0. The van der Waals surface area contributed by atoms with Crippen molar-refractivity contribution in [3.05, 3.63) is 6.42 Å². The molecule has 0 bridgehead atoms. The highest BCUT2D eigenvalue weighted by molar-refractivity contribution is 4.64. The van der Waals surface area contributed by atoms with Crippen molar-refractivity contribution in [3.8, 4) is 0 Å². The van der Waals surface area contributed by atoms with Crippen LogP contribution in [0, 0.1) is 6.42 Å². The number of hydrogen-bond donors (Lipinski definition) is 0. The van der Waals surface area contributed by atoms with E-state index in [1.165, 1.54) is 57.8 Å². The molecule has 73 valence electrons. The second-order valence-corrected chi connectivity index (χ2v) is 3.63. The highest BCUT2D eigenvalue weighted by Crippen LogP contribution is 2.08. The van der Waals surface area contributed by atoms with Crippen molar-refractivity contribution in [2.75, 3.05) is 0 Å². The third kappa shape index (κ3) is 10.0. The highest BCUT2D eigenvalue weighted by atomic mass is 14.0. The topological polar surface area (TPSA) is 0 Å². The zero-order chi connectivity index (χ0) is 9.07. The Bertz CT molecular complexity index is 56.4. The second-order valence-electron chi connectivity index (χ2n) is 3.63. The van der Waals surface area contributed by atoms with Gasteiger partial charge in [-0.1, -0.05) is 71.6 Å². The molecule has 0 aromatic rings. The van der Waals surface area contributed by atoms with Gasteiger partial charge in [0.25, 0.3) is 0 Å². The molecule has 0 aromatic carbocycles. The molecule has 0 unspecified atom stereocenters. The first-order valence-electron chi connectivity index (χ1n) is 5.73. The van der Waals surface area contributed by atoms with Gasteiger partial charge in [0.1, 0.15) is 0 Å². The SMILES string of the molecule is CCCCC[CH]CCCCCC. The van der Waals surface area contributed by atoms with Crippen LogP contribution < -0.4 is 0 Å². The van der Waals surface area contributed by atoms with Crippen LogP contribution in [0.5, 0.6) is 0 Å². The van der Waals surface area contributed by atoms with E-state index >= 15 is 0 Å². The van der Waals surface area contributed by atoms with Crippen LogP contribution in [0.3, 0.4) is 0 Å². The summed E-state index contributed by atoms with van der Waals surface area (Å²) in [6, 6.07) is 0. The van der Waals surface area contributed by atoms with E-state index in [9.17, 15) is 0 Å². The maximum absolute atomic E-state index is 2.48. The fourth-order valence-electron chi connectivity index (χ4n) is 1.40. The fraction of sp³-hybridized carbons (Fsp3) is 0.917. The van der Waals surface area contributed by atoms with E-state index in [0.29, 0.717) is 0 Å². The molecule has 0 saturated carbocycles. The normalized spacial score (nSPS) is 10.5. The minimum absolute atomic E-state index is 1.35. The molecule has 0 aromatic heterocycles. The highest BCUT2D eigenvalue weighted by Gasteiger charge is 1.90. The summed E-state index contributed by atoms with van der Waals surface area (Å²) in [6.45, 7) is 4.53. The molecular formula is C12H25. The molecule has 12 heavy (non-hydrogen) atoms. The minimum Gasteiger partial charge on any atom is -0.0654 e. The largest absolute Gasteiger partial charge is 0.0654 e. The Morgan fingerprint density at radius 1 is 0.667 bits per heavy atom. The molecule has 0 fully saturated rings. The molecule has 0 atom stereocenters. The van der Waals surface area contributed by atoms with Crippen LogP contribution in [0.25, 0.3) is 0 Å². The quantitative estimate of drug-likeness (QED) is 0.437. The maximum atomic E-state index is 2.48. The van der Waals surface area contributed by atoms with Gasteiger partial charge in [0.2, 0.25) is 0 Å². The molecule has 0 N–H and O–H groups in total. The Labute approximate surface area is 78.8 Å². The van der Waals surface area contributed by atoms with Gasteiger partial charge in [-0.2, -0.15) is 0 Å². The number of hydrogen-bond acceptors (Lipinski definition) is 0. The predicted octanol–water partition coefficient (Wildman–Crippen LogP) is 4.74. The average Bonchev–Trinajstić information content (AvgIpc) is 2.10. The van der Waals surface area contributed by atoms with Gasteiger partial charge < -0.3 is 0 Å². The van der Waals surface area contributed by atoms with E-state index in [2.05, 4.69) is 20.3 Å². The van der Waals surface area contributed by atoms with Crippen LogP contribution in [0.4, 0.5) is 0 Å². The van der Waals surface area contributed by atoms with Crippen LogP contribution >= 0.6 is 0 Å². The number of unbranched alkanes of at least 4 members (excludes halogenated alkanes) is 9. The smallest absolute Gasteiger partial charge is 0.0386 e. The van der Waals surface area contributed by atoms with Gasteiger partial charge >= 0.3 is 0 Å². The summed E-state index contributed by atoms with van der Waals surface area (Å²) in [6.07, 6.45) is 15.0. The molecule has 1 radical (unpaired) electrons. The zero-order valence-corrected chi connectivity index (χ0v) is 8.94. The van der Waals surface area contributed by atoms with E-state index in [-0.39, 0.29) is 0 Å². The summed E-state index contributed by atoms with van der Waals surface area (Å²) in [5.74, 6) is 0. The van der Waals surface area contributed by atoms with Crippen LogP contribution in [-0.2, 0) is 0 Å². The van der Waals surface area contributed by atoms with Gasteiger partial charge in [0.15, 0.2) is 0 Å². The predicted molar refractivity (Wildman–Crippen MR) is 57.2 cm³/mol. The molecule has 0 amide bonds. The van der Waals surface area contributed by atoms with Gasteiger partial charge in [-0.15, -0.1) is 0 Å². The van der Waals surface area contributed by atoms with E-state index < -0.39 is 0 Å². The van der Waals surface area contributed by atoms with Crippen molar-refractivity contribution in [2.45, 2.75) is 71.6 Å². The third-order valence-electron chi connectivity index (χ3n) is 2.27. The summed E-state index contributed by atoms with van der Waals surface area (Å²) in [7, 11) is 0. The van der Waals surface area contributed by atoms with Crippen molar-refractivity contribution in [3.63, 3.8) is 0 Å². The van der Waals surface area contributed by atoms with Crippen molar-refractivity contribution in [1.29, 1.82) is 0 Å². The third-order valence-corrected chi connectivity index (χ3v) is 2.27. The van der Waals surface area contributed by atoms with Gasteiger partial charge in [-0.05, 0) is 6.42 Å².